The molecule has 2 unspecified atom stereocenters. The first-order valence-electron chi connectivity index (χ1n) is 26.0. The zero-order valence-electron chi connectivity index (χ0n) is 43.1. The normalized spacial score (nSPS) is 17.9. The molecule has 2 N–H and O–H groups in total. The first-order valence-corrected chi connectivity index (χ1v) is 26.0. The highest BCUT2D eigenvalue weighted by molar-refractivity contribution is 6.15. The summed E-state index contributed by atoms with van der Waals surface area (Å²) < 4.78 is 44.2. The summed E-state index contributed by atoms with van der Waals surface area (Å²) in [5, 5.41) is 23.8. The third kappa shape index (κ3) is 9.42. The van der Waals surface area contributed by atoms with Crippen molar-refractivity contribution in [1.29, 1.82) is 0 Å². The van der Waals surface area contributed by atoms with Gasteiger partial charge in [-0.1, -0.05) is 48.5 Å². The Bertz CT molecular complexity index is 3310. The van der Waals surface area contributed by atoms with E-state index >= 15 is 0 Å². The molecular weight excluding hydrogens is 931 g/mol. The lowest BCUT2D eigenvalue weighted by molar-refractivity contribution is 0.0551. The van der Waals surface area contributed by atoms with E-state index in [-0.39, 0.29) is 23.7 Å². The molecule has 0 bridgehead atoms. The minimum atomic E-state index is -0.986. The molecule has 380 valence electrons. The van der Waals surface area contributed by atoms with Crippen molar-refractivity contribution in [2.75, 3.05) is 39.5 Å². The molecule has 2 fully saturated rings. The highest BCUT2D eigenvalue weighted by atomic mass is 19.1. The predicted octanol–water partition coefficient (Wildman–Crippen LogP) is 12.9. The van der Waals surface area contributed by atoms with Gasteiger partial charge in [-0.05, 0) is 161 Å². The van der Waals surface area contributed by atoms with Crippen LogP contribution < -0.4 is 0 Å². The van der Waals surface area contributed by atoms with Crippen molar-refractivity contribution in [3.05, 3.63) is 166 Å². The third-order valence-corrected chi connectivity index (χ3v) is 15.7. The fourth-order valence-corrected chi connectivity index (χ4v) is 11.7. The Morgan fingerprint density at radius 3 is 1.24 bits per heavy atom. The summed E-state index contributed by atoms with van der Waals surface area (Å²) in [6.07, 6.45) is 11.4. The number of hydrogen-bond acceptors (Lipinski definition) is 8. The maximum absolute atomic E-state index is 14.0. The van der Waals surface area contributed by atoms with Gasteiger partial charge in [0, 0.05) is 84.3 Å². The average molecular weight is 995 g/mol. The molecule has 4 aliphatic heterocycles. The predicted molar refractivity (Wildman–Crippen MR) is 293 cm³/mol. The second-order valence-corrected chi connectivity index (χ2v) is 21.7. The molecule has 0 aliphatic carbocycles. The van der Waals surface area contributed by atoms with Gasteiger partial charge in [-0.3, -0.25) is 20.0 Å². The Morgan fingerprint density at radius 1 is 0.527 bits per heavy atom. The molecule has 8 heterocycles. The van der Waals surface area contributed by atoms with Crippen LogP contribution in [0.5, 0.6) is 0 Å². The number of hydrogen-bond donors (Lipinski definition) is 2. The van der Waals surface area contributed by atoms with E-state index in [2.05, 4.69) is 69.4 Å². The topological polar surface area (TPSA) is 119 Å². The van der Waals surface area contributed by atoms with E-state index in [1.54, 1.807) is 24.3 Å². The van der Waals surface area contributed by atoms with Gasteiger partial charge in [0.05, 0.1) is 69.5 Å². The third-order valence-electron chi connectivity index (χ3n) is 15.7. The number of pyridine rings is 2. The first-order chi connectivity index (χ1) is 35.6. The Kier molecular flexibility index (Phi) is 13.3. The number of fused-ring (bicyclic) bond motifs is 6. The van der Waals surface area contributed by atoms with Crippen LogP contribution in [-0.4, -0.2) is 81.3 Å². The van der Waals surface area contributed by atoms with Crippen molar-refractivity contribution < 1.29 is 28.5 Å². The molecule has 4 aromatic heterocycles. The van der Waals surface area contributed by atoms with Crippen LogP contribution in [0.3, 0.4) is 0 Å². The summed E-state index contributed by atoms with van der Waals surface area (Å²) in [6.45, 7) is 15.7. The summed E-state index contributed by atoms with van der Waals surface area (Å²) in [7, 11) is 0. The van der Waals surface area contributed by atoms with Gasteiger partial charge in [-0.2, -0.15) is 0 Å². The molecule has 74 heavy (non-hydrogen) atoms. The molecule has 4 aromatic carbocycles. The number of aliphatic hydroxyl groups is 2. The summed E-state index contributed by atoms with van der Waals surface area (Å²) in [4.78, 5) is 18.9. The number of aliphatic imine (C=N–C) groups is 2. The first kappa shape index (κ1) is 49.5. The Hall–Kier alpha value is -6.70. The standard InChI is InChI=1S/2C31H32FN3O2/c2*1-19-16-33-18-26(19)22-14-28-29(34-17-22)25-9-6-23(31(2,3)36)15-27(25)35(28)30(21-10-12-37-13-11-21)20-4-7-24(32)8-5-20/h2*4-9,14-15,17-18,21,30,36H,10-13,16H2,1-3H3. The van der Waals surface area contributed by atoms with Crippen LogP contribution in [0.2, 0.25) is 0 Å². The fourth-order valence-electron chi connectivity index (χ4n) is 11.7. The van der Waals surface area contributed by atoms with Gasteiger partial charge < -0.3 is 28.8 Å². The van der Waals surface area contributed by atoms with Crippen LogP contribution in [-0.2, 0) is 20.7 Å². The number of ether oxygens (including phenoxy) is 2. The highest BCUT2D eigenvalue weighted by Crippen LogP contribution is 2.44. The molecule has 4 aliphatic rings. The summed E-state index contributed by atoms with van der Waals surface area (Å²) in [6, 6.07) is 30.5. The number of allylic oxidation sites excluding steroid dienone is 2. The number of halogens is 2. The van der Waals surface area contributed by atoms with Gasteiger partial charge in [0.15, 0.2) is 0 Å². The quantitative estimate of drug-likeness (QED) is 0.141. The van der Waals surface area contributed by atoms with E-state index in [0.29, 0.717) is 51.4 Å². The number of benzene rings is 4. The van der Waals surface area contributed by atoms with Crippen LogP contribution in [0.15, 0.2) is 131 Å². The monoisotopic (exact) mass is 994 g/mol. The molecule has 8 aromatic rings. The highest BCUT2D eigenvalue weighted by Gasteiger charge is 2.33. The van der Waals surface area contributed by atoms with E-state index in [0.717, 1.165) is 114 Å². The molecule has 12 rings (SSSR count). The van der Waals surface area contributed by atoms with E-state index in [4.69, 9.17) is 19.4 Å². The van der Waals surface area contributed by atoms with Gasteiger partial charge in [0.2, 0.25) is 0 Å². The van der Waals surface area contributed by atoms with E-state index in [1.807, 2.05) is 88.9 Å². The Morgan fingerprint density at radius 2 is 0.905 bits per heavy atom. The SMILES string of the molecule is CC1=C(c2cnc3c4ccc(C(C)(C)O)cc4n(C(c4ccc(F)cc4)C4CCOCC4)c3c2)C=NC1.CC1=C(c2cnc3c4ccc(C(C)(C)O)cc4n(C(c4ccc(F)cc4)C4CCOCC4)c3c2)C=NC1. The fraction of sp³-hybridized carbons (Fsp3) is 0.355. The minimum Gasteiger partial charge on any atom is -0.386 e. The molecule has 0 spiro atoms. The molecule has 2 saturated heterocycles. The summed E-state index contributed by atoms with van der Waals surface area (Å²) in [5.74, 6) is 0.128. The maximum atomic E-state index is 14.0. The van der Waals surface area contributed by atoms with E-state index < -0.39 is 11.2 Å². The number of aromatic nitrogens is 4. The van der Waals surface area contributed by atoms with Gasteiger partial charge in [-0.25, -0.2) is 8.78 Å². The van der Waals surface area contributed by atoms with Gasteiger partial charge >= 0.3 is 0 Å². The molecule has 10 nitrogen and oxygen atoms in total. The van der Waals surface area contributed by atoms with Crippen molar-refractivity contribution in [1.82, 2.24) is 19.1 Å². The largest absolute Gasteiger partial charge is 0.386 e. The van der Waals surface area contributed by atoms with Crippen LogP contribution in [0.4, 0.5) is 8.78 Å². The van der Waals surface area contributed by atoms with E-state index in [1.165, 1.54) is 11.1 Å². The van der Waals surface area contributed by atoms with Gasteiger partial charge in [-0.15, -0.1) is 0 Å². The molecule has 2 atom stereocenters. The smallest absolute Gasteiger partial charge is 0.123 e. The molecule has 0 saturated carbocycles. The molecular formula is C62H64F2N6O4. The van der Waals surface area contributed by atoms with E-state index in [9.17, 15) is 19.0 Å². The lowest BCUT2D eigenvalue weighted by Crippen LogP contribution is -2.27. The molecule has 0 amide bonds. The Balaban J connectivity index is 0.000000159. The zero-order chi connectivity index (χ0) is 51.5. The summed E-state index contributed by atoms with van der Waals surface area (Å²) >= 11 is 0. The zero-order valence-corrected chi connectivity index (χ0v) is 43.1. The lowest BCUT2D eigenvalue weighted by Gasteiger charge is -2.33. The van der Waals surface area contributed by atoms with Crippen LogP contribution in [0.25, 0.3) is 55.0 Å². The molecule has 12 heteroatoms. The van der Waals surface area contributed by atoms with Gasteiger partial charge in [0.1, 0.15) is 11.6 Å². The van der Waals surface area contributed by atoms with Crippen molar-refractivity contribution in [3.8, 4) is 0 Å². The van der Waals surface area contributed by atoms with Crippen LogP contribution >= 0.6 is 0 Å². The number of rotatable bonds is 10. The second-order valence-electron chi connectivity index (χ2n) is 21.7. The van der Waals surface area contributed by atoms with Crippen LogP contribution in [0, 0.1) is 23.5 Å². The second kappa shape index (κ2) is 19.9. The van der Waals surface area contributed by atoms with Gasteiger partial charge in [0.25, 0.3) is 0 Å². The van der Waals surface area contributed by atoms with Crippen molar-refractivity contribution in [2.24, 2.45) is 21.8 Å². The molecule has 0 radical (unpaired) electrons. The Labute approximate surface area is 430 Å². The van der Waals surface area contributed by atoms with Crippen LogP contribution in [0.1, 0.15) is 113 Å². The average Bonchev–Trinajstić information content (AvgIpc) is 4.19. The lowest BCUT2D eigenvalue weighted by atomic mass is 9.86. The van der Waals surface area contributed by atoms with Crippen molar-refractivity contribution in [2.45, 2.75) is 90.5 Å². The maximum Gasteiger partial charge on any atom is 0.123 e. The van der Waals surface area contributed by atoms with Crippen molar-refractivity contribution in [3.63, 3.8) is 0 Å². The number of nitrogens with zero attached hydrogens (tertiary/aromatic N) is 6. The minimum absolute atomic E-state index is 0.0362. The van der Waals surface area contributed by atoms with Crippen molar-refractivity contribution >= 4 is 67.4 Å². The summed E-state index contributed by atoms with van der Waals surface area (Å²) in [5.41, 5.74) is 14.6.